The van der Waals surface area contributed by atoms with Crippen molar-refractivity contribution < 1.29 is 4.92 Å². The van der Waals surface area contributed by atoms with E-state index >= 15 is 0 Å². The SMILES string of the molecule is Nc1ccc(Br)cc1SCCc1ccc([N+](=O)[O-])cc1. The fourth-order valence-electron chi connectivity index (χ4n) is 1.70. The number of aryl methyl sites for hydroxylation is 1. The molecule has 0 unspecified atom stereocenters. The van der Waals surface area contributed by atoms with Crippen molar-refractivity contribution in [3.05, 3.63) is 62.6 Å². The van der Waals surface area contributed by atoms with E-state index in [9.17, 15) is 10.1 Å². The molecule has 0 saturated carbocycles. The molecule has 104 valence electrons. The molecule has 2 rings (SSSR count). The molecule has 0 spiro atoms. The number of non-ortho nitro benzene ring substituents is 1. The van der Waals surface area contributed by atoms with Crippen LogP contribution in [0.4, 0.5) is 11.4 Å². The Kier molecular flexibility index (Phi) is 5.03. The molecule has 6 heteroatoms. The van der Waals surface area contributed by atoms with Crippen LogP contribution in [0.3, 0.4) is 0 Å². The van der Waals surface area contributed by atoms with Crippen LogP contribution in [0.15, 0.2) is 51.8 Å². The van der Waals surface area contributed by atoms with Gasteiger partial charge in [-0.2, -0.15) is 0 Å². The van der Waals surface area contributed by atoms with Crippen molar-refractivity contribution >= 4 is 39.1 Å². The summed E-state index contributed by atoms with van der Waals surface area (Å²) >= 11 is 5.10. The van der Waals surface area contributed by atoms with Gasteiger partial charge in [0.1, 0.15) is 0 Å². The second kappa shape index (κ2) is 6.76. The zero-order valence-electron chi connectivity index (χ0n) is 10.6. The fourth-order valence-corrected chi connectivity index (χ4v) is 3.21. The highest BCUT2D eigenvalue weighted by Gasteiger charge is 2.05. The van der Waals surface area contributed by atoms with Crippen molar-refractivity contribution in [1.29, 1.82) is 0 Å². The minimum Gasteiger partial charge on any atom is -0.398 e. The Morgan fingerprint density at radius 2 is 1.90 bits per heavy atom. The van der Waals surface area contributed by atoms with Gasteiger partial charge in [0.25, 0.3) is 5.69 Å². The molecule has 4 nitrogen and oxygen atoms in total. The Labute approximate surface area is 129 Å². The van der Waals surface area contributed by atoms with Crippen LogP contribution in [0, 0.1) is 10.1 Å². The van der Waals surface area contributed by atoms with E-state index in [0.29, 0.717) is 0 Å². The number of anilines is 1. The Morgan fingerprint density at radius 1 is 1.20 bits per heavy atom. The summed E-state index contributed by atoms with van der Waals surface area (Å²) in [7, 11) is 0. The van der Waals surface area contributed by atoms with Gasteiger partial charge in [0.15, 0.2) is 0 Å². The maximum absolute atomic E-state index is 10.6. The number of thioether (sulfide) groups is 1. The van der Waals surface area contributed by atoms with Crippen LogP contribution in [-0.2, 0) is 6.42 Å². The van der Waals surface area contributed by atoms with Crippen LogP contribution >= 0.6 is 27.7 Å². The van der Waals surface area contributed by atoms with Crippen LogP contribution in [-0.4, -0.2) is 10.7 Å². The molecule has 0 heterocycles. The first-order valence-corrected chi connectivity index (χ1v) is 7.75. The van der Waals surface area contributed by atoms with Crippen molar-refractivity contribution in [2.75, 3.05) is 11.5 Å². The molecule has 0 radical (unpaired) electrons. The Hall–Kier alpha value is -1.53. The maximum Gasteiger partial charge on any atom is 0.269 e. The molecular weight excluding hydrogens is 340 g/mol. The molecule has 2 aromatic carbocycles. The molecule has 0 aliphatic heterocycles. The molecule has 0 aromatic heterocycles. The standard InChI is InChI=1S/C14H13BrN2O2S/c15-11-3-6-13(16)14(9-11)20-8-7-10-1-4-12(5-2-10)17(18)19/h1-6,9H,7-8,16H2. The average molecular weight is 353 g/mol. The van der Waals surface area contributed by atoms with E-state index < -0.39 is 0 Å². The number of halogens is 1. The van der Waals surface area contributed by atoms with Crippen LogP contribution in [0.2, 0.25) is 0 Å². The normalized spacial score (nSPS) is 10.4. The van der Waals surface area contributed by atoms with Gasteiger partial charge in [0, 0.05) is 32.9 Å². The van der Waals surface area contributed by atoms with Crippen LogP contribution < -0.4 is 5.73 Å². The summed E-state index contributed by atoms with van der Waals surface area (Å²) in [4.78, 5) is 11.2. The minimum absolute atomic E-state index is 0.123. The first-order valence-electron chi connectivity index (χ1n) is 5.97. The Balaban J connectivity index is 1.92. The number of nitro groups is 1. The third-order valence-electron chi connectivity index (χ3n) is 2.77. The smallest absolute Gasteiger partial charge is 0.269 e. The lowest BCUT2D eigenvalue weighted by Crippen LogP contribution is -1.93. The molecular formula is C14H13BrN2O2S. The maximum atomic E-state index is 10.6. The quantitative estimate of drug-likeness (QED) is 0.377. The number of hydrogen-bond donors (Lipinski definition) is 1. The van der Waals surface area contributed by atoms with Crippen LogP contribution in [0.25, 0.3) is 0 Å². The number of nitro benzene ring substituents is 1. The van der Waals surface area contributed by atoms with Gasteiger partial charge in [-0.25, -0.2) is 0 Å². The second-order valence-electron chi connectivity index (χ2n) is 4.20. The van der Waals surface area contributed by atoms with Crippen molar-refractivity contribution in [3.8, 4) is 0 Å². The van der Waals surface area contributed by atoms with E-state index in [2.05, 4.69) is 15.9 Å². The minimum atomic E-state index is -0.388. The fraction of sp³-hybridized carbons (Fsp3) is 0.143. The molecule has 0 atom stereocenters. The summed E-state index contributed by atoms with van der Waals surface area (Å²) in [5.74, 6) is 0.873. The lowest BCUT2D eigenvalue weighted by Gasteiger charge is -2.06. The van der Waals surface area contributed by atoms with Gasteiger partial charge in [-0.15, -0.1) is 11.8 Å². The zero-order valence-corrected chi connectivity index (χ0v) is 13.0. The lowest BCUT2D eigenvalue weighted by molar-refractivity contribution is -0.384. The van der Waals surface area contributed by atoms with Gasteiger partial charge in [-0.3, -0.25) is 10.1 Å². The predicted octanol–water partition coefficient (Wildman–Crippen LogP) is 4.27. The molecule has 2 N–H and O–H groups in total. The van der Waals surface area contributed by atoms with Crippen molar-refractivity contribution in [1.82, 2.24) is 0 Å². The van der Waals surface area contributed by atoms with Crippen LogP contribution in [0.5, 0.6) is 0 Å². The molecule has 0 fully saturated rings. The van der Waals surface area contributed by atoms with Crippen LogP contribution in [0.1, 0.15) is 5.56 Å². The van der Waals surface area contributed by atoms with Crippen molar-refractivity contribution in [2.24, 2.45) is 0 Å². The Bertz CT molecular complexity index is 617. The van der Waals surface area contributed by atoms with E-state index in [1.165, 1.54) is 12.1 Å². The predicted molar refractivity (Wildman–Crippen MR) is 86.1 cm³/mol. The third-order valence-corrected chi connectivity index (χ3v) is 4.34. The summed E-state index contributed by atoms with van der Waals surface area (Å²) in [6.45, 7) is 0. The highest BCUT2D eigenvalue weighted by atomic mass is 79.9. The topological polar surface area (TPSA) is 69.2 Å². The van der Waals surface area contributed by atoms with Crippen molar-refractivity contribution in [3.63, 3.8) is 0 Å². The Morgan fingerprint density at radius 3 is 2.55 bits per heavy atom. The van der Waals surface area contributed by atoms with E-state index in [0.717, 1.165) is 32.8 Å². The highest BCUT2D eigenvalue weighted by Crippen LogP contribution is 2.28. The summed E-state index contributed by atoms with van der Waals surface area (Å²) in [6.07, 6.45) is 0.842. The monoisotopic (exact) mass is 352 g/mol. The number of hydrogen-bond acceptors (Lipinski definition) is 4. The number of nitrogen functional groups attached to an aromatic ring is 1. The molecule has 0 aliphatic carbocycles. The third kappa shape index (κ3) is 3.98. The van der Waals surface area contributed by atoms with Crippen molar-refractivity contribution in [2.45, 2.75) is 11.3 Å². The van der Waals surface area contributed by atoms with E-state index in [4.69, 9.17) is 5.73 Å². The van der Waals surface area contributed by atoms with Gasteiger partial charge < -0.3 is 5.73 Å². The first-order chi connectivity index (χ1) is 9.56. The average Bonchev–Trinajstić information content (AvgIpc) is 2.43. The largest absolute Gasteiger partial charge is 0.398 e. The molecule has 2 aromatic rings. The van der Waals surface area contributed by atoms with Gasteiger partial charge in [-0.05, 0) is 30.2 Å². The van der Waals surface area contributed by atoms with Gasteiger partial charge in [-0.1, -0.05) is 28.1 Å². The lowest BCUT2D eigenvalue weighted by atomic mass is 10.1. The summed E-state index contributed by atoms with van der Waals surface area (Å²) in [6, 6.07) is 12.4. The van der Waals surface area contributed by atoms with E-state index in [-0.39, 0.29) is 10.6 Å². The van der Waals surface area contributed by atoms with E-state index in [1.807, 2.05) is 18.2 Å². The number of rotatable bonds is 5. The molecule has 0 bridgehead atoms. The molecule has 0 amide bonds. The summed E-state index contributed by atoms with van der Waals surface area (Å²) in [5.41, 5.74) is 7.87. The number of nitrogens with two attached hydrogens (primary N) is 1. The number of benzene rings is 2. The summed E-state index contributed by atoms with van der Waals surface area (Å²) in [5, 5.41) is 10.6. The van der Waals surface area contributed by atoms with Gasteiger partial charge >= 0.3 is 0 Å². The molecule has 20 heavy (non-hydrogen) atoms. The van der Waals surface area contributed by atoms with E-state index in [1.54, 1.807) is 23.9 Å². The van der Waals surface area contributed by atoms with Gasteiger partial charge in [0.2, 0.25) is 0 Å². The van der Waals surface area contributed by atoms with Gasteiger partial charge in [0.05, 0.1) is 4.92 Å². The molecule has 0 saturated heterocycles. The highest BCUT2D eigenvalue weighted by molar-refractivity contribution is 9.10. The molecule has 0 aliphatic rings. The number of nitrogens with zero attached hydrogens (tertiary/aromatic N) is 1. The second-order valence-corrected chi connectivity index (χ2v) is 6.26. The first kappa shape index (κ1) is 14.9. The zero-order chi connectivity index (χ0) is 14.5. The summed E-state index contributed by atoms with van der Waals surface area (Å²) < 4.78 is 1.00.